The van der Waals surface area contributed by atoms with Crippen LogP contribution in [0.15, 0.2) is 0 Å². The second-order valence-corrected chi connectivity index (χ2v) is 0.780. The smallest absolute Gasteiger partial charge is 0.0795 e. The predicted molar refractivity (Wildman–Crippen MR) is 21.4 cm³/mol. The van der Waals surface area contributed by atoms with Crippen LogP contribution in [0.4, 0.5) is 0 Å². The average molecular weight is 95.1 g/mol. The summed E-state index contributed by atoms with van der Waals surface area (Å²) in [5.74, 6) is 0. The maximum absolute atomic E-state index is 9.14. The fourth-order valence-corrected chi connectivity index (χ4v) is 0.173. The molecule has 0 aromatic carbocycles. The van der Waals surface area contributed by atoms with E-state index in [-0.39, 0.29) is 0 Å². The van der Waals surface area contributed by atoms with Gasteiger partial charge >= 0.3 is 0 Å². The predicted octanol–water partition coefficient (Wildman–Crippen LogP) is -0.232. The Morgan fingerprint density at radius 2 is 3.00 bits per heavy atom. The minimum Gasteiger partial charge on any atom is -0.391 e. The van der Waals surface area contributed by atoms with E-state index in [1.807, 2.05) is 0 Å². The summed E-state index contributed by atoms with van der Waals surface area (Å²) in [6.07, 6.45) is -6.38. The van der Waals surface area contributed by atoms with Crippen molar-refractivity contribution in [1.29, 1.82) is 0 Å². The summed E-state index contributed by atoms with van der Waals surface area (Å²) in [7, 11) is 0. The Labute approximate surface area is 46.6 Å². The highest BCUT2D eigenvalue weighted by atomic mass is 16.5. The maximum Gasteiger partial charge on any atom is 0.0795 e. The largest absolute Gasteiger partial charge is 0.391 e. The number of hydrogen-bond acceptors (Lipinski definition) is 2. The summed E-state index contributed by atoms with van der Waals surface area (Å²) in [5, 5.41) is 9.14. The summed E-state index contributed by atoms with van der Waals surface area (Å²) in [4.78, 5) is 0. The van der Waals surface area contributed by atoms with E-state index in [1.54, 1.807) is 0 Å². The van der Waals surface area contributed by atoms with Crippen LogP contribution in [0.2, 0.25) is 0 Å². The average Bonchev–Trinajstić information content (AvgIpc) is 1.88. The highest BCUT2D eigenvalue weighted by molar-refractivity contribution is 4.58. The Bertz CT molecular complexity index is 211. The second-order valence-electron chi connectivity index (χ2n) is 0.780. The number of hydrogen-bond donors (Lipinski definition) is 1. The van der Waals surface area contributed by atoms with Crippen molar-refractivity contribution in [1.82, 2.24) is 0 Å². The van der Waals surface area contributed by atoms with Crippen molar-refractivity contribution in [3.63, 3.8) is 0 Å². The van der Waals surface area contributed by atoms with Crippen LogP contribution in [0.5, 0.6) is 0 Å². The van der Waals surface area contributed by atoms with Gasteiger partial charge in [0.15, 0.2) is 0 Å². The number of aliphatic hydroxyl groups is 1. The van der Waals surface area contributed by atoms with Gasteiger partial charge in [0.25, 0.3) is 0 Å². The van der Waals surface area contributed by atoms with E-state index in [2.05, 4.69) is 4.74 Å². The fraction of sp³-hybridized carbons (Fsp3) is 1.00. The number of rotatable bonds is 0. The first kappa shape index (κ1) is 0.858. The van der Waals surface area contributed by atoms with Gasteiger partial charge in [-0.2, -0.15) is 0 Å². The summed E-state index contributed by atoms with van der Waals surface area (Å²) < 4.78 is 52.8. The molecule has 2 heteroatoms. The molecule has 1 heterocycles. The Morgan fingerprint density at radius 3 is 3.17 bits per heavy atom. The van der Waals surface area contributed by atoms with E-state index < -0.39 is 25.6 Å². The molecule has 6 heavy (non-hydrogen) atoms. The first-order valence-electron chi connectivity index (χ1n) is 4.88. The Kier molecular flexibility index (Phi) is 0.226. The molecule has 1 aliphatic heterocycles. The standard InChI is InChI=1S/C4H8O2/c5-4-1-2-6-3-4/h4-5H,1-3H2/i1D2,2D2,3D2,4D. The van der Waals surface area contributed by atoms with Crippen molar-refractivity contribution >= 4 is 0 Å². The molecule has 1 aliphatic rings. The lowest BCUT2D eigenvalue weighted by molar-refractivity contribution is 0.127. The molecule has 1 fully saturated rings. The molecule has 0 aromatic rings. The summed E-state index contributed by atoms with van der Waals surface area (Å²) in [5.41, 5.74) is 0. The lowest BCUT2D eigenvalue weighted by Gasteiger charge is -1.89. The topological polar surface area (TPSA) is 29.5 Å². The van der Waals surface area contributed by atoms with Gasteiger partial charge in [-0.3, -0.25) is 0 Å². The van der Waals surface area contributed by atoms with Gasteiger partial charge in [0.05, 0.1) is 19.5 Å². The highest BCUT2D eigenvalue weighted by Gasteiger charge is 2.09. The SMILES string of the molecule is [2H]C1([2H])OC([2H])([2H])C([2H])(O)C1([2H])[2H]. The molecule has 36 valence electrons. The van der Waals surface area contributed by atoms with Crippen molar-refractivity contribution in [2.45, 2.75) is 12.5 Å². The molecule has 1 N–H and O–H groups in total. The third kappa shape index (κ3) is 0.698. The van der Waals surface area contributed by atoms with Crippen LogP contribution in [-0.4, -0.2) is 24.3 Å². The zero-order valence-corrected chi connectivity index (χ0v) is 2.86. The van der Waals surface area contributed by atoms with Gasteiger partial charge in [-0.15, -0.1) is 0 Å². The van der Waals surface area contributed by atoms with Gasteiger partial charge in [0.2, 0.25) is 0 Å². The van der Waals surface area contributed by atoms with E-state index in [0.717, 1.165) is 0 Å². The van der Waals surface area contributed by atoms with Crippen LogP contribution in [-0.2, 0) is 4.74 Å². The van der Waals surface area contributed by atoms with Crippen LogP contribution in [0, 0.1) is 0 Å². The lowest BCUT2D eigenvalue weighted by Crippen LogP contribution is -2.02. The molecule has 1 unspecified atom stereocenters. The molecule has 0 amide bonds. The van der Waals surface area contributed by atoms with Gasteiger partial charge in [0, 0.05) is 9.30 Å². The van der Waals surface area contributed by atoms with E-state index >= 15 is 0 Å². The molecular formula is C4H8O2. The van der Waals surface area contributed by atoms with E-state index in [9.17, 15) is 0 Å². The van der Waals surface area contributed by atoms with Crippen LogP contribution in [0.25, 0.3) is 0 Å². The van der Waals surface area contributed by atoms with Crippen molar-refractivity contribution in [2.75, 3.05) is 13.1 Å². The molecule has 1 rings (SSSR count). The van der Waals surface area contributed by atoms with Gasteiger partial charge < -0.3 is 9.84 Å². The molecule has 0 bridgehead atoms. The van der Waals surface area contributed by atoms with Gasteiger partial charge in [-0.25, -0.2) is 0 Å². The van der Waals surface area contributed by atoms with Gasteiger partial charge in [-0.05, 0) is 6.37 Å². The molecule has 1 saturated heterocycles. The van der Waals surface area contributed by atoms with Gasteiger partial charge in [0.1, 0.15) is 0 Å². The summed E-state index contributed by atoms with van der Waals surface area (Å²) in [6, 6.07) is 0. The normalized spacial score (nSPS) is 89.2. The molecule has 1 atom stereocenters. The first-order chi connectivity index (χ1) is 5.46. The van der Waals surface area contributed by atoms with Crippen LogP contribution >= 0.6 is 0 Å². The summed E-state index contributed by atoms with van der Waals surface area (Å²) in [6.45, 7) is -6.09. The fourth-order valence-electron chi connectivity index (χ4n) is 0.173. The monoisotopic (exact) mass is 95.1 g/mol. The lowest BCUT2D eigenvalue weighted by atomic mass is 10.3. The Morgan fingerprint density at radius 1 is 2.17 bits per heavy atom. The Hall–Kier alpha value is -0.0800. The quantitative estimate of drug-likeness (QED) is 0.450. The third-order valence-electron chi connectivity index (χ3n) is 0.368. The molecular weight excluding hydrogens is 80.0 g/mol. The number of ether oxygens (including phenoxy) is 1. The van der Waals surface area contributed by atoms with Crippen molar-refractivity contribution in [2.24, 2.45) is 0 Å². The maximum atomic E-state index is 9.14. The minimum atomic E-state index is -3.26. The molecule has 0 aliphatic carbocycles. The summed E-state index contributed by atoms with van der Waals surface area (Å²) >= 11 is 0. The van der Waals surface area contributed by atoms with E-state index in [1.165, 1.54) is 0 Å². The molecule has 2 nitrogen and oxygen atoms in total. The Balaban J connectivity index is 3.24. The minimum absolute atomic E-state index is 3.02. The van der Waals surface area contributed by atoms with Crippen LogP contribution < -0.4 is 0 Å². The molecule has 0 saturated carbocycles. The third-order valence-corrected chi connectivity index (χ3v) is 0.368. The molecule has 0 radical (unpaired) electrons. The zero-order chi connectivity index (χ0) is 10.7. The van der Waals surface area contributed by atoms with Crippen LogP contribution in [0.3, 0.4) is 0 Å². The second kappa shape index (κ2) is 1.58. The molecule has 0 spiro atoms. The van der Waals surface area contributed by atoms with Crippen molar-refractivity contribution in [3.8, 4) is 0 Å². The van der Waals surface area contributed by atoms with Gasteiger partial charge in [-0.1, -0.05) is 0 Å². The van der Waals surface area contributed by atoms with Crippen LogP contribution in [0.1, 0.15) is 16.0 Å². The molecule has 0 aromatic heterocycles. The zero-order valence-electron chi connectivity index (χ0n) is 9.86. The van der Waals surface area contributed by atoms with E-state index in [4.69, 9.17) is 14.7 Å². The highest BCUT2D eigenvalue weighted by Crippen LogP contribution is 2.00. The first-order valence-corrected chi connectivity index (χ1v) is 1.38. The van der Waals surface area contributed by atoms with Crippen molar-refractivity contribution in [3.05, 3.63) is 0 Å². The van der Waals surface area contributed by atoms with E-state index in [0.29, 0.717) is 0 Å². The van der Waals surface area contributed by atoms with Crippen molar-refractivity contribution < 1.29 is 19.4 Å².